The topological polar surface area (TPSA) is 35.2 Å². The summed E-state index contributed by atoms with van der Waals surface area (Å²) in [5.41, 5.74) is 1.30. The molecule has 0 radical (unpaired) electrons. The van der Waals surface area contributed by atoms with Crippen molar-refractivity contribution in [2.45, 2.75) is 38.1 Å². The van der Waals surface area contributed by atoms with E-state index in [0.29, 0.717) is 6.04 Å². The van der Waals surface area contributed by atoms with E-state index in [-0.39, 0.29) is 0 Å². The first kappa shape index (κ1) is 12.2. The zero-order chi connectivity index (χ0) is 12.2. The lowest BCUT2D eigenvalue weighted by atomic mass is 10.1. The molecule has 2 saturated heterocycles. The lowest BCUT2D eigenvalue weighted by Crippen LogP contribution is -2.37. The fourth-order valence-corrected chi connectivity index (χ4v) is 3.35. The molecule has 0 aliphatic carbocycles. The molecule has 1 aromatic rings. The molecule has 0 amide bonds. The average molecular weight is 248 g/mol. The molecule has 4 heteroatoms. The maximum absolute atomic E-state index is 4.09. The minimum absolute atomic E-state index is 0.581. The molecule has 3 heterocycles. The number of aromatic nitrogens is 2. The summed E-state index contributed by atoms with van der Waals surface area (Å²) in [5, 5.41) is 7.23. The molecule has 0 saturated carbocycles. The molecular formula is C14H24N4. The van der Waals surface area contributed by atoms with Crippen LogP contribution in [0, 0.1) is 0 Å². The second kappa shape index (κ2) is 5.85. The molecule has 4 nitrogen and oxygen atoms in total. The van der Waals surface area contributed by atoms with E-state index < -0.39 is 0 Å². The van der Waals surface area contributed by atoms with Gasteiger partial charge in [-0.3, -0.25) is 10.00 Å². The van der Waals surface area contributed by atoms with Gasteiger partial charge in [0, 0.05) is 19.3 Å². The third-order valence-electron chi connectivity index (χ3n) is 4.40. The summed E-state index contributed by atoms with van der Waals surface area (Å²) < 4.78 is 0. The second-order valence-corrected chi connectivity index (χ2v) is 5.61. The van der Waals surface area contributed by atoms with Gasteiger partial charge in [-0.1, -0.05) is 6.42 Å². The van der Waals surface area contributed by atoms with Crippen LogP contribution in [0.1, 0.15) is 43.8 Å². The fourth-order valence-electron chi connectivity index (χ4n) is 3.35. The number of nitrogens with zero attached hydrogens (tertiary/aromatic N) is 3. The van der Waals surface area contributed by atoms with E-state index in [1.807, 2.05) is 6.20 Å². The van der Waals surface area contributed by atoms with Crippen LogP contribution in [0.25, 0.3) is 0 Å². The summed E-state index contributed by atoms with van der Waals surface area (Å²) in [4.78, 5) is 5.26. The van der Waals surface area contributed by atoms with Gasteiger partial charge in [0.1, 0.15) is 0 Å². The summed E-state index contributed by atoms with van der Waals surface area (Å²) in [6.07, 6.45) is 8.69. The molecule has 1 N–H and O–H groups in total. The highest BCUT2D eigenvalue weighted by molar-refractivity contribution is 5.06. The van der Waals surface area contributed by atoms with Crippen LogP contribution in [0.4, 0.5) is 0 Å². The Labute approximate surface area is 109 Å². The third kappa shape index (κ3) is 2.75. The van der Waals surface area contributed by atoms with Gasteiger partial charge >= 0.3 is 0 Å². The van der Waals surface area contributed by atoms with Gasteiger partial charge in [-0.25, -0.2) is 0 Å². The van der Waals surface area contributed by atoms with Crippen molar-refractivity contribution in [3.05, 3.63) is 18.0 Å². The first-order valence-electron chi connectivity index (χ1n) is 7.39. The zero-order valence-corrected chi connectivity index (χ0v) is 11.1. The molecule has 100 valence electrons. The molecule has 0 unspecified atom stereocenters. The second-order valence-electron chi connectivity index (χ2n) is 5.61. The largest absolute Gasteiger partial charge is 0.302 e. The Morgan fingerprint density at radius 1 is 1.11 bits per heavy atom. The van der Waals surface area contributed by atoms with Crippen LogP contribution in [-0.2, 0) is 0 Å². The number of H-pyrrole nitrogens is 1. The number of piperidine rings is 1. The van der Waals surface area contributed by atoms with Crippen LogP contribution in [-0.4, -0.2) is 52.7 Å². The molecule has 3 rings (SSSR count). The Morgan fingerprint density at radius 2 is 2.00 bits per heavy atom. The monoisotopic (exact) mass is 248 g/mol. The van der Waals surface area contributed by atoms with Gasteiger partial charge in [0.25, 0.3) is 0 Å². The third-order valence-corrected chi connectivity index (χ3v) is 4.40. The highest BCUT2D eigenvalue weighted by Crippen LogP contribution is 2.30. The molecule has 1 atom stereocenters. The predicted octanol–water partition coefficient (Wildman–Crippen LogP) is 2.03. The molecule has 2 fully saturated rings. The summed E-state index contributed by atoms with van der Waals surface area (Å²) in [6, 6.07) is 2.71. The lowest BCUT2D eigenvalue weighted by molar-refractivity contribution is 0.173. The SMILES string of the molecule is c1cc([C@@H]2CCCN2CCN2CCCCC2)[nH]n1. The van der Waals surface area contributed by atoms with Crippen molar-refractivity contribution in [2.75, 3.05) is 32.7 Å². The van der Waals surface area contributed by atoms with Gasteiger partial charge in [-0.2, -0.15) is 5.10 Å². The van der Waals surface area contributed by atoms with E-state index in [0.717, 1.165) is 0 Å². The molecule has 2 aliphatic rings. The molecule has 0 bridgehead atoms. The van der Waals surface area contributed by atoms with Crippen LogP contribution >= 0.6 is 0 Å². The number of hydrogen-bond donors (Lipinski definition) is 1. The van der Waals surface area contributed by atoms with Crippen molar-refractivity contribution in [3.8, 4) is 0 Å². The van der Waals surface area contributed by atoms with Crippen LogP contribution in [0.2, 0.25) is 0 Å². The van der Waals surface area contributed by atoms with E-state index in [2.05, 4.69) is 26.1 Å². The van der Waals surface area contributed by atoms with Gasteiger partial charge < -0.3 is 4.90 Å². The summed E-state index contributed by atoms with van der Waals surface area (Å²) in [7, 11) is 0. The molecular weight excluding hydrogens is 224 g/mol. The van der Waals surface area contributed by atoms with E-state index in [4.69, 9.17) is 0 Å². The van der Waals surface area contributed by atoms with E-state index in [9.17, 15) is 0 Å². The molecule has 18 heavy (non-hydrogen) atoms. The van der Waals surface area contributed by atoms with Crippen LogP contribution in [0.15, 0.2) is 12.3 Å². The Kier molecular flexibility index (Phi) is 3.96. The van der Waals surface area contributed by atoms with Crippen molar-refractivity contribution in [1.29, 1.82) is 0 Å². The normalized spacial score (nSPS) is 26.8. The van der Waals surface area contributed by atoms with Gasteiger partial charge in [0.2, 0.25) is 0 Å². The maximum atomic E-state index is 4.09. The minimum atomic E-state index is 0.581. The summed E-state index contributed by atoms with van der Waals surface area (Å²) in [6.45, 7) is 6.32. The van der Waals surface area contributed by atoms with Gasteiger partial charge in [0.05, 0.1) is 11.7 Å². The quantitative estimate of drug-likeness (QED) is 0.885. The Hall–Kier alpha value is -0.870. The Morgan fingerprint density at radius 3 is 2.78 bits per heavy atom. The van der Waals surface area contributed by atoms with E-state index in [1.54, 1.807) is 0 Å². The molecule has 0 spiro atoms. The van der Waals surface area contributed by atoms with Crippen molar-refractivity contribution in [2.24, 2.45) is 0 Å². The van der Waals surface area contributed by atoms with E-state index >= 15 is 0 Å². The standard InChI is InChI=1S/C14H24N4/c1-2-8-17(9-3-1)11-12-18-10-4-5-14(18)13-6-7-15-16-13/h6-7,14H,1-5,8-12H2,(H,15,16)/t14-/m0/s1. The number of aromatic amines is 1. The van der Waals surface area contributed by atoms with E-state index in [1.165, 1.54) is 70.5 Å². The van der Waals surface area contributed by atoms with Crippen molar-refractivity contribution >= 4 is 0 Å². The maximum Gasteiger partial charge on any atom is 0.0523 e. The number of hydrogen-bond acceptors (Lipinski definition) is 3. The van der Waals surface area contributed by atoms with Crippen molar-refractivity contribution < 1.29 is 0 Å². The first-order chi connectivity index (χ1) is 8.93. The average Bonchev–Trinajstić information content (AvgIpc) is 3.08. The number of rotatable bonds is 4. The van der Waals surface area contributed by atoms with Gasteiger partial charge in [0.15, 0.2) is 0 Å². The Bertz CT molecular complexity index is 343. The first-order valence-corrected chi connectivity index (χ1v) is 7.39. The zero-order valence-electron chi connectivity index (χ0n) is 11.1. The minimum Gasteiger partial charge on any atom is -0.302 e. The highest BCUT2D eigenvalue weighted by Gasteiger charge is 2.27. The van der Waals surface area contributed by atoms with Crippen molar-refractivity contribution in [3.63, 3.8) is 0 Å². The van der Waals surface area contributed by atoms with Gasteiger partial charge in [-0.15, -0.1) is 0 Å². The highest BCUT2D eigenvalue weighted by atomic mass is 15.2. The van der Waals surface area contributed by atoms with Crippen LogP contribution < -0.4 is 0 Å². The van der Waals surface area contributed by atoms with Crippen LogP contribution in [0.5, 0.6) is 0 Å². The molecule has 2 aliphatic heterocycles. The Balaban J connectivity index is 1.52. The summed E-state index contributed by atoms with van der Waals surface area (Å²) >= 11 is 0. The number of likely N-dealkylation sites (tertiary alicyclic amines) is 2. The van der Waals surface area contributed by atoms with Crippen molar-refractivity contribution in [1.82, 2.24) is 20.0 Å². The molecule has 0 aromatic carbocycles. The van der Waals surface area contributed by atoms with Gasteiger partial charge in [-0.05, 0) is 51.4 Å². The lowest BCUT2D eigenvalue weighted by Gasteiger charge is -2.30. The smallest absolute Gasteiger partial charge is 0.0523 e. The fraction of sp³-hybridized carbons (Fsp3) is 0.786. The number of nitrogens with one attached hydrogen (secondary N) is 1. The summed E-state index contributed by atoms with van der Waals surface area (Å²) in [5.74, 6) is 0. The molecule has 1 aromatic heterocycles. The van der Waals surface area contributed by atoms with Crippen LogP contribution in [0.3, 0.4) is 0 Å². The predicted molar refractivity (Wildman–Crippen MR) is 72.4 cm³/mol.